The van der Waals surface area contributed by atoms with Crippen LogP contribution in [0.4, 0.5) is 11.4 Å². The van der Waals surface area contributed by atoms with Crippen LogP contribution in [0.2, 0.25) is 0 Å². The standard InChI is InChI=1S/C27H26N4O3S/c1-18-7-8-19(17-23(18)28-26(32)25-22-5-3-4-6-24(22)35-29-25)27(33)31-15-13-30(14-16-31)20-9-11-21(34-2)12-10-20/h3-12,17H,13-16H2,1-2H3,(H,28,32). The van der Waals surface area contributed by atoms with Crippen LogP contribution in [0.3, 0.4) is 0 Å². The van der Waals surface area contributed by atoms with Gasteiger partial charge in [0.15, 0.2) is 0 Å². The van der Waals surface area contributed by atoms with Gasteiger partial charge in [-0.05, 0) is 66.5 Å². The van der Waals surface area contributed by atoms with Crippen molar-refractivity contribution in [1.82, 2.24) is 9.27 Å². The zero-order chi connectivity index (χ0) is 24.4. The average molecular weight is 487 g/mol. The van der Waals surface area contributed by atoms with Crippen molar-refractivity contribution < 1.29 is 14.3 Å². The summed E-state index contributed by atoms with van der Waals surface area (Å²) in [5.74, 6) is 0.519. The lowest BCUT2D eigenvalue weighted by Crippen LogP contribution is -2.48. The lowest BCUT2D eigenvalue weighted by Gasteiger charge is -2.36. The second-order valence-corrected chi connectivity index (χ2v) is 9.29. The Morgan fingerprint density at radius 3 is 2.46 bits per heavy atom. The molecular weight excluding hydrogens is 460 g/mol. The Morgan fingerprint density at radius 1 is 0.971 bits per heavy atom. The van der Waals surface area contributed by atoms with E-state index in [2.05, 4.69) is 14.6 Å². The number of fused-ring (bicyclic) bond motifs is 1. The minimum absolute atomic E-state index is 0.0333. The number of hydrogen-bond acceptors (Lipinski definition) is 6. The molecule has 0 unspecified atom stereocenters. The number of amides is 2. The molecule has 0 atom stereocenters. The predicted octanol–water partition coefficient (Wildman–Crippen LogP) is 4.83. The minimum atomic E-state index is -0.275. The first-order valence-electron chi connectivity index (χ1n) is 11.5. The molecule has 0 radical (unpaired) electrons. The van der Waals surface area contributed by atoms with Crippen molar-refractivity contribution in [2.45, 2.75) is 6.92 Å². The van der Waals surface area contributed by atoms with Crippen LogP contribution in [0.15, 0.2) is 66.7 Å². The van der Waals surface area contributed by atoms with Gasteiger partial charge in [-0.15, -0.1) is 0 Å². The van der Waals surface area contributed by atoms with Crippen molar-refractivity contribution in [1.29, 1.82) is 0 Å². The van der Waals surface area contributed by atoms with E-state index < -0.39 is 0 Å². The summed E-state index contributed by atoms with van der Waals surface area (Å²) in [4.78, 5) is 30.3. The van der Waals surface area contributed by atoms with Crippen LogP contribution < -0.4 is 15.0 Å². The van der Waals surface area contributed by atoms with E-state index in [9.17, 15) is 9.59 Å². The maximum absolute atomic E-state index is 13.2. The molecule has 35 heavy (non-hydrogen) atoms. The fourth-order valence-electron chi connectivity index (χ4n) is 4.26. The summed E-state index contributed by atoms with van der Waals surface area (Å²) >= 11 is 1.30. The molecule has 1 fully saturated rings. The first kappa shape index (κ1) is 22.9. The third kappa shape index (κ3) is 4.70. The van der Waals surface area contributed by atoms with Gasteiger partial charge in [0, 0.05) is 48.5 Å². The van der Waals surface area contributed by atoms with Gasteiger partial charge in [-0.1, -0.05) is 24.3 Å². The molecule has 1 aliphatic heterocycles. The lowest BCUT2D eigenvalue weighted by atomic mass is 10.1. The summed E-state index contributed by atoms with van der Waals surface area (Å²) in [6, 6.07) is 21.1. The second kappa shape index (κ2) is 9.76. The summed E-state index contributed by atoms with van der Waals surface area (Å²) in [7, 11) is 1.66. The molecule has 1 saturated heterocycles. The molecule has 0 bridgehead atoms. The maximum atomic E-state index is 13.2. The molecule has 8 heteroatoms. The van der Waals surface area contributed by atoms with Gasteiger partial charge in [0.1, 0.15) is 11.4 Å². The van der Waals surface area contributed by atoms with E-state index in [0.29, 0.717) is 30.0 Å². The fraction of sp³-hybridized carbons (Fsp3) is 0.222. The van der Waals surface area contributed by atoms with E-state index in [1.165, 1.54) is 11.5 Å². The Hall–Kier alpha value is -3.91. The summed E-state index contributed by atoms with van der Waals surface area (Å²) in [6.07, 6.45) is 0. The molecule has 1 aliphatic rings. The molecule has 4 aromatic rings. The topological polar surface area (TPSA) is 74.8 Å². The van der Waals surface area contributed by atoms with E-state index in [4.69, 9.17) is 4.74 Å². The van der Waals surface area contributed by atoms with Gasteiger partial charge in [0.05, 0.1) is 11.8 Å². The number of carbonyl (C=O) groups excluding carboxylic acids is 2. The van der Waals surface area contributed by atoms with Crippen molar-refractivity contribution in [3.05, 3.63) is 83.6 Å². The van der Waals surface area contributed by atoms with E-state index in [1.807, 2.05) is 72.5 Å². The quantitative estimate of drug-likeness (QED) is 0.437. The van der Waals surface area contributed by atoms with E-state index in [0.717, 1.165) is 40.2 Å². The molecule has 2 amide bonds. The number of methoxy groups -OCH3 is 1. The molecule has 1 N–H and O–H groups in total. The molecule has 0 spiro atoms. The number of hydrogen-bond donors (Lipinski definition) is 1. The predicted molar refractivity (Wildman–Crippen MR) is 140 cm³/mol. The van der Waals surface area contributed by atoms with Crippen molar-refractivity contribution >= 4 is 44.8 Å². The number of piperazine rings is 1. The van der Waals surface area contributed by atoms with Gasteiger partial charge in [0.25, 0.3) is 11.8 Å². The van der Waals surface area contributed by atoms with Gasteiger partial charge in [-0.2, -0.15) is 4.37 Å². The number of nitrogens with zero attached hydrogens (tertiary/aromatic N) is 3. The fourth-order valence-corrected chi connectivity index (χ4v) is 5.04. The summed E-state index contributed by atoms with van der Waals surface area (Å²) in [5, 5.41) is 3.79. The number of carbonyl (C=O) groups is 2. The van der Waals surface area contributed by atoms with Gasteiger partial charge in [0.2, 0.25) is 0 Å². The second-order valence-electron chi connectivity index (χ2n) is 8.49. The third-order valence-electron chi connectivity index (χ3n) is 6.33. The Morgan fingerprint density at radius 2 is 1.71 bits per heavy atom. The third-order valence-corrected chi connectivity index (χ3v) is 7.16. The van der Waals surface area contributed by atoms with Gasteiger partial charge < -0.3 is 19.9 Å². The van der Waals surface area contributed by atoms with Crippen LogP contribution in [0.5, 0.6) is 5.75 Å². The highest BCUT2D eigenvalue weighted by Crippen LogP contribution is 2.25. The normalized spacial score (nSPS) is 13.7. The highest BCUT2D eigenvalue weighted by Gasteiger charge is 2.23. The molecule has 1 aromatic heterocycles. The zero-order valence-corrected chi connectivity index (χ0v) is 20.5. The Labute approximate surface area is 208 Å². The SMILES string of the molecule is COc1ccc(N2CCN(C(=O)c3ccc(C)c(NC(=O)c4nsc5ccccc45)c3)CC2)cc1. The van der Waals surface area contributed by atoms with Gasteiger partial charge in [-0.25, -0.2) is 0 Å². The first-order valence-corrected chi connectivity index (χ1v) is 12.3. The van der Waals surface area contributed by atoms with Crippen LogP contribution in [-0.2, 0) is 0 Å². The number of aryl methyl sites for hydroxylation is 1. The van der Waals surface area contributed by atoms with Crippen LogP contribution >= 0.6 is 11.5 Å². The summed E-state index contributed by atoms with van der Waals surface area (Å²) in [5.41, 5.74) is 3.59. The summed E-state index contributed by atoms with van der Waals surface area (Å²) in [6.45, 7) is 4.68. The molecule has 0 aliphatic carbocycles. The van der Waals surface area contributed by atoms with Crippen LogP contribution in [-0.4, -0.2) is 54.4 Å². The lowest BCUT2D eigenvalue weighted by molar-refractivity contribution is 0.0746. The average Bonchev–Trinajstić information content (AvgIpc) is 3.34. The Kier molecular flexibility index (Phi) is 6.37. The highest BCUT2D eigenvalue weighted by atomic mass is 32.1. The number of anilines is 2. The van der Waals surface area contributed by atoms with Crippen molar-refractivity contribution in [2.24, 2.45) is 0 Å². The molecular formula is C27H26N4O3S. The Bertz CT molecular complexity index is 1370. The number of ether oxygens (including phenoxy) is 1. The smallest absolute Gasteiger partial charge is 0.276 e. The van der Waals surface area contributed by atoms with Crippen LogP contribution in [0, 0.1) is 6.92 Å². The summed E-state index contributed by atoms with van der Waals surface area (Å²) < 4.78 is 10.5. The van der Waals surface area contributed by atoms with Crippen molar-refractivity contribution in [2.75, 3.05) is 43.5 Å². The highest BCUT2D eigenvalue weighted by molar-refractivity contribution is 7.13. The van der Waals surface area contributed by atoms with Crippen LogP contribution in [0.1, 0.15) is 26.4 Å². The molecule has 2 heterocycles. The van der Waals surface area contributed by atoms with E-state index >= 15 is 0 Å². The monoisotopic (exact) mass is 486 g/mol. The van der Waals surface area contributed by atoms with E-state index in [-0.39, 0.29) is 11.8 Å². The van der Waals surface area contributed by atoms with E-state index in [1.54, 1.807) is 13.2 Å². The van der Waals surface area contributed by atoms with Crippen molar-refractivity contribution in [3.8, 4) is 5.75 Å². The number of benzene rings is 3. The number of rotatable bonds is 5. The van der Waals surface area contributed by atoms with Crippen molar-refractivity contribution in [3.63, 3.8) is 0 Å². The molecule has 178 valence electrons. The van der Waals surface area contributed by atoms with Gasteiger partial charge >= 0.3 is 0 Å². The molecule has 0 saturated carbocycles. The van der Waals surface area contributed by atoms with Crippen LogP contribution in [0.25, 0.3) is 10.1 Å². The molecule has 5 rings (SSSR count). The molecule has 3 aromatic carbocycles. The zero-order valence-electron chi connectivity index (χ0n) is 19.7. The maximum Gasteiger partial charge on any atom is 0.276 e. The largest absolute Gasteiger partial charge is 0.497 e. The van der Waals surface area contributed by atoms with Gasteiger partial charge in [-0.3, -0.25) is 9.59 Å². The Balaban J connectivity index is 1.26. The first-order chi connectivity index (χ1) is 17.0. The number of aromatic nitrogens is 1. The minimum Gasteiger partial charge on any atom is -0.497 e. The number of nitrogens with one attached hydrogen (secondary N) is 1. The molecule has 7 nitrogen and oxygen atoms in total.